The fourth-order valence-electron chi connectivity index (χ4n) is 2.64. The second kappa shape index (κ2) is 6.10. The largest absolute Gasteiger partial charge is 0.392 e. The molecule has 3 heteroatoms. The van der Waals surface area contributed by atoms with E-state index in [1.807, 2.05) is 42.5 Å². The number of carbonyl (C=O) groups is 1. The van der Waals surface area contributed by atoms with Gasteiger partial charge in [-0.1, -0.05) is 54.6 Å². The first-order valence-electron chi connectivity index (χ1n) is 7.29. The minimum Gasteiger partial charge on any atom is -0.392 e. The molecule has 0 heterocycles. The van der Waals surface area contributed by atoms with Crippen LogP contribution in [0.15, 0.2) is 54.6 Å². The minimum absolute atomic E-state index is 0.0491. The van der Waals surface area contributed by atoms with Crippen LogP contribution in [0, 0.1) is 5.92 Å². The summed E-state index contributed by atoms with van der Waals surface area (Å²) in [6, 6.07) is 17.8. The van der Waals surface area contributed by atoms with Crippen molar-refractivity contribution in [1.82, 2.24) is 5.32 Å². The maximum absolute atomic E-state index is 12.1. The summed E-state index contributed by atoms with van der Waals surface area (Å²) in [6.45, 7) is 0.593. The van der Waals surface area contributed by atoms with Gasteiger partial charge in [-0.3, -0.25) is 4.79 Å². The first kappa shape index (κ1) is 13.8. The monoisotopic (exact) mass is 281 g/mol. The molecule has 3 rings (SSSR count). The number of benzene rings is 2. The summed E-state index contributed by atoms with van der Waals surface area (Å²) in [6.07, 6.45) is 0.944. The van der Waals surface area contributed by atoms with E-state index in [2.05, 4.69) is 17.4 Å². The van der Waals surface area contributed by atoms with Crippen LogP contribution in [0.5, 0.6) is 0 Å². The lowest BCUT2D eigenvalue weighted by atomic mass is 10.1. The molecule has 0 radical (unpaired) electrons. The highest BCUT2D eigenvalue weighted by atomic mass is 16.3. The van der Waals surface area contributed by atoms with E-state index >= 15 is 0 Å². The van der Waals surface area contributed by atoms with Crippen molar-refractivity contribution in [3.8, 4) is 0 Å². The summed E-state index contributed by atoms with van der Waals surface area (Å²) in [5.74, 6) is 0.627. The number of nitrogens with one attached hydrogen (secondary N) is 1. The van der Waals surface area contributed by atoms with Crippen molar-refractivity contribution in [2.45, 2.75) is 25.5 Å². The van der Waals surface area contributed by atoms with E-state index in [9.17, 15) is 4.79 Å². The molecular formula is C18H19NO2. The van der Waals surface area contributed by atoms with Crippen LogP contribution in [0.2, 0.25) is 0 Å². The maximum atomic E-state index is 12.1. The second-order valence-corrected chi connectivity index (χ2v) is 5.55. The van der Waals surface area contributed by atoms with Gasteiger partial charge in [0.15, 0.2) is 0 Å². The molecule has 0 aliphatic heterocycles. The Labute approximate surface area is 124 Å². The van der Waals surface area contributed by atoms with Gasteiger partial charge in [-0.05, 0) is 29.0 Å². The number of carbonyl (C=O) groups excluding carboxylic acids is 1. The van der Waals surface area contributed by atoms with Crippen molar-refractivity contribution in [1.29, 1.82) is 0 Å². The molecule has 108 valence electrons. The molecule has 0 bridgehead atoms. The molecule has 2 atom stereocenters. The van der Waals surface area contributed by atoms with E-state index in [1.54, 1.807) is 0 Å². The Kier molecular flexibility index (Phi) is 4.02. The number of rotatable bonds is 5. The topological polar surface area (TPSA) is 49.3 Å². The van der Waals surface area contributed by atoms with Crippen LogP contribution in [0.4, 0.5) is 0 Å². The zero-order chi connectivity index (χ0) is 14.7. The van der Waals surface area contributed by atoms with Crippen LogP contribution in [0.3, 0.4) is 0 Å². The summed E-state index contributed by atoms with van der Waals surface area (Å²) >= 11 is 0. The third kappa shape index (κ3) is 3.31. The molecule has 3 nitrogen and oxygen atoms in total. The van der Waals surface area contributed by atoms with Crippen LogP contribution in [-0.2, 0) is 17.9 Å². The molecular weight excluding hydrogens is 262 g/mol. The van der Waals surface area contributed by atoms with Crippen molar-refractivity contribution in [3.05, 3.63) is 71.3 Å². The summed E-state index contributed by atoms with van der Waals surface area (Å²) in [5, 5.41) is 12.0. The van der Waals surface area contributed by atoms with Gasteiger partial charge in [0, 0.05) is 12.5 Å². The molecule has 0 spiro atoms. The molecule has 2 unspecified atom stereocenters. The van der Waals surface area contributed by atoms with Crippen molar-refractivity contribution >= 4 is 5.91 Å². The molecule has 2 aromatic rings. The molecule has 2 aromatic carbocycles. The van der Waals surface area contributed by atoms with Gasteiger partial charge >= 0.3 is 0 Å². The lowest BCUT2D eigenvalue weighted by Crippen LogP contribution is -2.24. The molecule has 0 saturated heterocycles. The highest BCUT2D eigenvalue weighted by Gasteiger charge is 2.43. The number of hydrogen-bond donors (Lipinski definition) is 2. The number of aliphatic hydroxyl groups is 1. The van der Waals surface area contributed by atoms with Crippen molar-refractivity contribution in [2.24, 2.45) is 5.92 Å². The normalized spacial score (nSPS) is 20.0. The zero-order valence-corrected chi connectivity index (χ0v) is 11.8. The fourth-order valence-corrected chi connectivity index (χ4v) is 2.64. The molecule has 21 heavy (non-hydrogen) atoms. The van der Waals surface area contributed by atoms with E-state index in [4.69, 9.17) is 5.11 Å². The van der Waals surface area contributed by atoms with Gasteiger partial charge in [0.2, 0.25) is 5.91 Å². The summed E-state index contributed by atoms with van der Waals surface area (Å²) in [5.41, 5.74) is 3.19. The van der Waals surface area contributed by atoms with Crippen molar-refractivity contribution in [3.63, 3.8) is 0 Å². The molecule has 0 aromatic heterocycles. The van der Waals surface area contributed by atoms with E-state index in [1.165, 1.54) is 5.56 Å². The first-order chi connectivity index (χ1) is 10.3. The molecule has 1 fully saturated rings. The molecule has 1 aliphatic rings. The molecule has 2 N–H and O–H groups in total. The van der Waals surface area contributed by atoms with Gasteiger partial charge in [-0.2, -0.15) is 0 Å². The van der Waals surface area contributed by atoms with Gasteiger partial charge in [-0.15, -0.1) is 0 Å². The van der Waals surface area contributed by atoms with Crippen LogP contribution in [0.1, 0.15) is 29.0 Å². The standard InChI is InChI=1S/C18H19NO2/c20-12-14-8-6-13(7-9-14)11-19-18(21)17-10-16(17)15-4-2-1-3-5-15/h1-9,16-17,20H,10-12H2,(H,19,21). The second-order valence-electron chi connectivity index (χ2n) is 5.55. The number of amides is 1. The Bertz CT molecular complexity index is 607. The van der Waals surface area contributed by atoms with Crippen LogP contribution >= 0.6 is 0 Å². The third-order valence-electron chi connectivity index (χ3n) is 4.03. The summed E-state index contributed by atoms with van der Waals surface area (Å²) in [7, 11) is 0. The predicted octanol–water partition coefficient (Wildman–Crippen LogP) is 2.60. The Morgan fingerprint density at radius 3 is 2.38 bits per heavy atom. The fraction of sp³-hybridized carbons (Fsp3) is 0.278. The predicted molar refractivity (Wildman–Crippen MR) is 81.5 cm³/mol. The average Bonchev–Trinajstić information content (AvgIpc) is 3.35. The highest BCUT2D eigenvalue weighted by molar-refractivity contribution is 5.82. The SMILES string of the molecule is O=C(NCc1ccc(CO)cc1)C1CC1c1ccccc1. The van der Waals surface area contributed by atoms with Crippen LogP contribution < -0.4 is 5.32 Å². The third-order valence-corrected chi connectivity index (χ3v) is 4.03. The van der Waals surface area contributed by atoms with E-state index in [0.717, 1.165) is 17.5 Å². The van der Waals surface area contributed by atoms with Gasteiger partial charge in [-0.25, -0.2) is 0 Å². The minimum atomic E-state index is 0.0491. The Morgan fingerprint density at radius 2 is 1.71 bits per heavy atom. The quantitative estimate of drug-likeness (QED) is 0.885. The van der Waals surface area contributed by atoms with Crippen LogP contribution in [-0.4, -0.2) is 11.0 Å². The van der Waals surface area contributed by atoms with Gasteiger partial charge in [0.05, 0.1) is 6.61 Å². The van der Waals surface area contributed by atoms with Crippen molar-refractivity contribution < 1.29 is 9.90 Å². The van der Waals surface area contributed by atoms with Gasteiger partial charge < -0.3 is 10.4 Å². The lowest BCUT2D eigenvalue weighted by molar-refractivity contribution is -0.122. The molecule has 1 saturated carbocycles. The van der Waals surface area contributed by atoms with Crippen LogP contribution in [0.25, 0.3) is 0 Å². The average molecular weight is 281 g/mol. The Hall–Kier alpha value is -2.13. The maximum Gasteiger partial charge on any atom is 0.224 e. The van der Waals surface area contributed by atoms with Crippen molar-refractivity contribution in [2.75, 3.05) is 0 Å². The van der Waals surface area contributed by atoms with E-state index < -0.39 is 0 Å². The van der Waals surface area contributed by atoms with E-state index in [0.29, 0.717) is 12.5 Å². The van der Waals surface area contributed by atoms with Gasteiger partial charge in [0.25, 0.3) is 0 Å². The highest BCUT2D eigenvalue weighted by Crippen LogP contribution is 2.47. The summed E-state index contributed by atoms with van der Waals surface area (Å²) in [4.78, 5) is 12.1. The zero-order valence-electron chi connectivity index (χ0n) is 11.8. The Balaban J connectivity index is 1.51. The van der Waals surface area contributed by atoms with Gasteiger partial charge in [0.1, 0.15) is 0 Å². The Morgan fingerprint density at radius 1 is 1.05 bits per heavy atom. The summed E-state index contributed by atoms with van der Waals surface area (Å²) < 4.78 is 0. The lowest BCUT2D eigenvalue weighted by Gasteiger charge is -2.06. The number of hydrogen-bond acceptors (Lipinski definition) is 2. The molecule has 1 amide bonds. The molecule has 1 aliphatic carbocycles. The number of aliphatic hydroxyl groups excluding tert-OH is 1. The smallest absolute Gasteiger partial charge is 0.224 e. The first-order valence-corrected chi connectivity index (χ1v) is 7.29. The van der Waals surface area contributed by atoms with E-state index in [-0.39, 0.29) is 18.4 Å².